The van der Waals surface area contributed by atoms with E-state index in [-0.39, 0.29) is 19.1 Å². The Morgan fingerprint density at radius 1 is 1.00 bits per heavy atom. The van der Waals surface area contributed by atoms with Crippen LogP contribution in [-0.2, 0) is 18.4 Å². The van der Waals surface area contributed by atoms with E-state index in [9.17, 15) is 9.36 Å². The molecule has 5 nitrogen and oxygen atoms in total. The molecule has 1 amide bonds. The summed E-state index contributed by atoms with van der Waals surface area (Å²) in [5.74, 6) is -0.133. The standard InChI is InChI=1S/C24H42NO4P/c1-8-28-30(27,29-9-2)24(7)17-19-25(23(24)26)18-16-22(6)15-11-14-21(5)13-10-12-20(3)4/h12,14,16H,8-11,13,15,17-19H2,1-7H3/b21-14+,22-16+. The number of hydrogen-bond donors (Lipinski definition) is 0. The molecule has 0 spiro atoms. The second-order valence-electron chi connectivity index (χ2n) is 8.57. The second kappa shape index (κ2) is 12.6. The van der Waals surface area contributed by atoms with Gasteiger partial charge in [0.2, 0.25) is 5.91 Å². The minimum atomic E-state index is -3.49. The lowest BCUT2D eigenvalue weighted by Crippen LogP contribution is -2.38. The van der Waals surface area contributed by atoms with Crippen LogP contribution in [0.5, 0.6) is 0 Å². The van der Waals surface area contributed by atoms with Crippen molar-refractivity contribution in [3.8, 4) is 0 Å². The number of hydrogen-bond acceptors (Lipinski definition) is 4. The molecule has 0 aromatic heterocycles. The van der Waals surface area contributed by atoms with Crippen LogP contribution in [0.1, 0.15) is 80.6 Å². The highest BCUT2D eigenvalue weighted by molar-refractivity contribution is 7.56. The van der Waals surface area contributed by atoms with Gasteiger partial charge in [-0.3, -0.25) is 9.36 Å². The minimum Gasteiger partial charge on any atom is -0.338 e. The maximum atomic E-state index is 13.2. The lowest BCUT2D eigenvalue weighted by molar-refractivity contribution is -0.129. The second-order valence-corrected chi connectivity index (χ2v) is 11.1. The van der Waals surface area contributed by atoms with Gasteiger partial charge in [0.1, 0.15) is 5.16 Å². The van der Waals surface area contributed by atoms with Gasteiger partial charge in [-0.25, -0.2) is 0 Å². The molecule has 1 atom stereocenters. The molecular weight excluding hydrogens is 397 g/mol. The van der Waals surface area contributed by atoms with Crippen molar-refractivity contribution >= 4 is 13.5 Å². The predicted octanol–water partition coefficient (Wildman–Crippen LogP) is 6.66. The van der Waals surface area contributed by atoms with Gasteiger partial charge in [-0.05, 0) is 80.6 Å². The molecule has 0 N–H and O–H groups in total. The number of carbonyl (C=O) groups is 1. The van der Waals surface area contributed by atoms with Gasteiger partial charge in [-0.2, -0.15) is 0 Å². The van der Waals surface area contributed by atoms with Crippen LogP contribution in [0.3, 0.4) is 0 Å². The molecule has 1 saturated heterocycles. The third-order valence-electron chi connectivity index (χ3n) is 5.60. The number of allylic oxidation sites excluding steroid dienone is 5. The summed E-state index contributed by atoms with van der Waals surface area (Å²) >= 11 is 0. The van der Waals surface area contributed by atoms with Crippen molar-refractivity contribution in [2.24, 2.45) is 0 Å². The first-order chi connectivity index (χ1) is 14.1. The zero-order chi connectivity index (χ0) is 22.8. The smallest absolute Gasteiger partial charge is 0.338 e. The molecule has 0 aromatic carbocycles. The molecule has 0 aromatic rings. The van der Waals surface area contributed by atoms with Crippen LogP contribution < -0.4 is 0 Å². The lowest BCUT2D eigenvalue weighted by atomic mass is 10.1. The maximum Gasteiger partial charge on any atom is 0.345 e. The van der Waals surface area contributed by atoms with Crippen molar-refractivity contribution in [1.29, 1.82) is 0 Å². The summed E-state index contributed by atoms with van der Waals surface area (Å²) < 4.78 is 24.2. The van der Waals surface area contributed by atoms with Crippen molar-refractivity contribution in [2.45, 2.75) is 85.7 Å². The Morgan fingerprint density at radius 3 is 2.07 bits per heavy atom. The summed E-state index contributed by atoms with van der Waals surface area (Å²) in [7, 11) is -3.49. The van der Waals surface area contributed by atoms with E-state index >= 15 is 0 Å². The quantitative estimate of drug-likeness (QED) is 0.238. The Labute approximate surface area is 184 Å². The third-order valence-corrected chi connectivity index (χ3v) is 8.42. The van der Waals surface area contributed by atoms with E-state index in [2.05, 4.69) is 45.9 Å². The molecule has 1 heterocycles. The lowest BCUT2D eigenvalue weighted by Gasteiger charge is -2.30. The van der Waals surface area contributed by atoms with Gasteiger partial charge in [0.05, 0.1) is 13.2 Å². The van der Waals surface area contributed by atoms with Gasteiger partial charge in [-0.1, -0.05) is 34.9 Å². The summed E-state index contributed by atoms with van der Waals surface area (Å²) in [6, 6.07) is 0. The molecule has 1 aliphatic rings. The van der Waals surface area contributed by atoms with Gasteiger partial charge in [0.25, 0.3) is 0 Å². The Kier molecular flexibility index (Phi) is 11.3. The maximum absolute atomic E-state index is 13.2. The van der Waals surface area contributed by atoms with Crippen LogP contribution in [0.2, 0.25) is 0 Å². The van der Waals surface area contributed by atoms with E-state index in [0.29, 0.717) is 19.5 Å². The molecule has 6 heteroatoms. The molecule has 1 fully saturated rings. The number of nitrogens with zero attached hydrogens (tertiary/aromatic N) is 1. The van der Waals surface area contributed by atoms with E-state index in [4.69, 9.17) is 9.05 Å². The summed E-state index contributed by atoms with van der Waals surface area (Å²) in [4.78, 5) is 14.8. The fourth-order valence-corrected chi connectivity index (χ4v) is 5.67. The van der Waals surface area contributed by atoms with Crippen LogP contribution in [0, 0.1) is 0 Å². The highest BCUT2D eigenvalue weighted by Gasteiger charge is 2.57. The van der Waals surface area contributed by atoms with E-state index in [1.165, 1.54) is 16.7 Å². The van der Waals surface area contributed by atoms with Crippen LogP contribution in [0.25, 0.3) is 0 Å². The Morgan fingerprint density at radius 2 is 1.53 bits per heavy atom. The summed E-state index contributed by atoms with van der Waals surface area (Å²) in [6.07, 6.45) is 11.4. The average Bonchev–Trinajstić information content (AvgIpc) is 2.96. The van der Waals surface area contributed by atoms with Crippen molar-refractivity contribution < 1.29 is 18.4 Å². The van der Waals surface area contributed by atoms with E-state index in [0.717, 1.165) is 25.7 Å². The first-order valence-electron chi connectivity index (χ1n) is 11.2. The van der Waals surface area contributed by atoms with Crippen LogP contribution in [0.15, 0.2) is 34.9 Å². The first kappa shape index (κ1) is 26.9. The summed E-state index contributed by atoms with van der Waals surface area (Å²) in [5.41, 5.74) is 4.06. The number of rotatable bonds is 13. The molecule has 0 saturated carbocycles. The van der Waals surface area contributed by atoms with Gasteiger partial charge in [-0.15, -0.1) is 0 Å². The largest absolute Gasteiger partial charge is 0.345 e. The molecular formula is C24H42NO4P. The Bertz CT molecular complexity index is 696. The number of carbonyl (C=O) groups excluding carboxylic acids is 1. The highest BCUT2D eigenvalue weighted by atomic mass is 31.2. The van der Waals surface area contributed by atoms with E-state index < -0.39 is 12.8 Å². The van der Waals surface area contributed by atoms with Crippen LogP contribution in [-0.4, -0.2) is 42.3 Å². The molecule has 1 unspecified atom stereocenters. The van der Waals surface area contributed by atoms with Crippen molar-refractivity contribution in [3.63, 3.8) is 0 Å². The molecule has 172 valence electrons. The van der Waals surface area contributed by atoms with Crippen molar-refractivity contribution in [1.82, 2.24) is 4.90 Å². The Balaban J connectivity index is 2.61. The Hall–Kier alpha value is -1.16. The van der Waals surface area contributed by atoms with Gasteiger partial charge >= 0.3 is 7.60 Å². The van der Waals surface area contributed by atoms with Crippen molar-refractivity contribution in [2.75, 3.05) is 26.3 Å². The van der Waals surface area contributed by atoms with E-state index in [1.54, 1.807) is 25.7 Å². The zero-order valence-electron chi connectivity index (χ0n) is 20.1. The average molecular weight is 440 g/mol. The fraction of sp³-hybridized carbons (Fsp3) is 0.708. The van der Waals surface area contributed by atoms with Gasteiger partial charge in [0, 0.05) is 13.1 Å². The SMILES string of the molecule is CCOP(=O)(OCC)C1(C)CCN(C/C=C(\C)CC/C=C(\C)CCC=C(C)C)C1=O. The van der Waals surface area contributed by atoms with Crippen LogP contribution in [0.4, 0.5) is 0 Å². The number of likely N-dealkylation sites (tertiary alicyclic amines) is 1. The summed E-state index contributed by atoms with van der Waals surface area (Å²) in [5, 5.41) is -1.09. The predicted molar refractivity (Wildman–Crippen MR) is 126 cm³/mol. The zero-order valence-corrected chi connectivity index (χ0v) is 21.0. The van der Waals surface area contributed by atoms with Gasteiger partial charge in [0.15, 0.2) is 0 Å². The monoisotopic (exact) mass is 439 g/mol. The molecule has 1 rings (SSSR count). The van der Waals surface area contributed by atoms with Crippen LogP contribution >= 0.6 is 7.60 Å². The molecule has 0 bridgehead atoms. The fourth-order valence-electron chi connectivity index (χ4n) is 3.60. The molecule has 30 heavy (non-hydrogen) atoms. The van der Waals surface area contributed by atoms with E-state index in [1.807, 2.05) is 0 Å². The summed E-state index contributed by atoms with van der Waals surface area (Å²) in [6.45, 7) is 15.5. The van der Waals surface area contributed by atoms with Crippen molar-refractivity contribution in [3.05, 3.63) is 34.9 Å². The molecule has 0 aliphatic carbocycles. The topological polar surface area (TPSA) is 55.8 Å². The highest BCUT2D eigenvalue weighted by Crippen LogP contribution is 2.63. The third kappa shape index (κ3) is 7.51. The minimum absolute atomic E-state index is 0.133. The van der Waals surface area contributed by atoms with Gasteiger partial charge < -0.3 is 13.9 Å². The first-order valence-corrected chi connectivity index (χ1v) is 12.8. The number of amides is 1. The molecule has 1 aliphatic heterocycles. The molecule has 0 radical (unpaired) electrons. The normalized spacial score (nSPS) is 20.8.